The minimum Gasteiger partial charge on any atom is -0.371 e. The fourth-order valence-electron chi connectivity index (χ4n) is 5.28. The molecule has 36 heavy (non-hydrogen) atoms. The Morgan fingerprint density at radius 3 is 2.33 bits per heavy atom. The van der Waals surface area contributed by atoms with Crippen molar-refractivity contribution in [1.29, 1.82) is 0 Å². The second-order valence-electron chi connectivity index (χ2n) is 9.49. The number of hydrogen-bond acceptors (Lipinski definition) is 3. The van der Waals surface area contributed by atoms with Gasteiger partial charge in [0.2, 0.25) is 0 Å². The maximum Gasteiger partial charge on any atom is 0.254 e. The number of benzene rings is 3. The van der Waals surface area contributed by atoms with Crippen LogP contribution >= 0.6 is 0 Å². The number of nitrogens with one attached hydrogen (secondary N) is 2. The van der Waals surface area contributed by atoms with Gasteiger partial charge in [-0.15, -0.1) is 0 Å². The fourth-order valence-corrected chi connectivity index (χ4v) is 5.28. The van der Waals surface area contributed by atoms with Crippen LogP contribution in [0.1, 0.15) is 63.6 Å². The SMILES string of the molecule is O=C(NC1CCN(c2ccccc2C(=O)N[C@H]2CCCc3ccccc32)CC1)c1ccc(F)cc1F. The van der Waals surface area contributed by atoms with Crippen LogP contribution in [0.25, 0.3) is 0 Å². The molecule has 0 unspecified atom stereocenters. The molecule has 2 amide bonds. The van der Waals surface area contributed by atoms with Crippen molar-refractivity contribution in [3.63, 3.8) is 0 Å². The average molecular weight is 490 g/mol. The molecule has 1 heterocycles. The molecule has 0 bridgehead atoms. The Labute approximate surface area is 209 Å². The predicted molar refractivity (Wildman–Crippen MR) is 135 cm³/mol. The summed E-state index contributed by atoms with van der Waals surface area (Å²) < 4.78 is 27.1. The lowest BCUT2D eigenvalue weighted by Crippen LogP contribution is -2.45. The molecule has 1 saturated heterocycles. The third-order valence-electron chi connectivity index (χ3n) is 7.17. The van der Waals surface area contributed by atoms with Crippen molar-refractivity contribution in [1.82, 2.24) is 10.6 Å². The van der Waals surface area contributed by atoms with Gasteiger partial charge in [-0.2, -0.15) is 0 Å². The van der Waals surface area contributed by atoms with Crippen LogP contribution in [0.2, 0.25) is 0 Å². The quantitative estimate of drug-likeness (QED) is 0.520. The van der Waals surface area contributed by atoms with Crippen molar-refractivity contribution < 1.29 is 18.4 Å². The highest BCUT2D eigenvalue weighted by molar-refractivity contribution is 6.00. The summed E-state index contributed by atoms with van der Waals surface area (Å²) in [5.41, 5.74) is 3.84. The van der Waals surface area contributed by atoms with E-state index in [1.165, 1.54) is 11.1 Å². The Hall–Kier alpha value is -3.74. The smallest absolute Gasteiger partial charge is 0.254 e. The van der Waals surface area contributed by atoms with E-state index >= 15 is 0 Å². The van der Waals surface area contributed by atoms with E-state index in [4.69, 9.17) is 0 Å². The van der Waals surface area contributed by atoms with Crippen molar-refractivity contribution in [2.45, 2.75) is 44.2 Å². The molecule has 5 rings (SSSR count). The third-order valence-corrected chi connectivity index (χ3v) is 7.17. The molecule has 2 N–H and O–H groups in total. The van der Waals surface area contributed by atoms with Crippen molar-refractivity contribution in [2.24, 2.45) is 0 Å². The van der Waals surface area contributed by atoms with Crippen LogP contribution in [0.15, 0.2) is 66.7 Å². The highest BCUT2D eigenvalue weighted by Gasteiger charge is 2.27. The Morgan fingerprint density at radius 1 is 0.806 bits per heavy atom. The summed E-state index contributed by atoms with van der Waals surface area (Å²) in [6, 6.07) is 18.7. The van der Waals surface area contributed by atoms with Crippen LogP contribution < -0.4 is 15.5 Å². The lowest BCUT2D eigenvalue weighted by molar-refractivity contribution is 0.0923. The standard InChI is InChI=1S/C29H29F2N3O2/c30-20-12-13-23(25(31)18-20)28(35)32-21-14-16-34(17-15-21)27-11-4-3-9-24(27)29(36)33-26-10-5-7-19-6-1-2-8-22(19)26/h1-4,6,8-9,11-13,18,21,26H,5,7,10,14-17H2,(H,32,35)(H,33,36)/t26-/m0/s1. The molecule has 3 aromatic rings. The van der Waals surface area contributed by atoms with Gasteiger partial charge in [-0.25, -0.2) is 8.78 Å². The number of aryl methyl sites for hydroxylation is 1. The van der Waals surface area contributed by atoms with E-state index in [-0.39, 0.29) is 23.6 Å². The largest absolute Gasteiger partial charge is 0.371 e. The van der Waals surface area contributed by atoms with E-state index in [1.807, 2.05) is 36.4 Å². The molecule has 0 radical (unpaired) electrons. The molecule has 3 aromatic carbocycles. The van der Waals surface area contributed by atoms with Gasteiger partial charge < -0.3 is 15.5 Å². The van der Waals surface area contributed by atoms with Crippen molar-refractivity contribution in [3.8, 4) is 0 Å². The zero-order valence-corrected chi connectivity index (χ0v) is 20.0. The van der Waals surface area contributed by atoms with Gasteiger partial charge >= 0.3 is 0 Å². The molecule has 1 aliphatic heterocycles. The minimum atomic E-state index is -0.870. The number of nitrogens with zero attached hydrogens (tertiary/aromatic N) is 1. The fraction of sp³-hybridized carbons (Fsp3) is 0.310. The first-order valence-corrected chi connectivity index (χ1v) is 12.5. The predicted octanol–water partition coefficient (Wildman–Crippen LogP) is 5.17. The third kappa shape index (κ3) is 5.10. The molecule has 1 fully saturated rings. The molecule has 186 valence electrons. The topological polar surface area (TPSA) is 61.4 Å². The molecule has 2 aliphatic rings. The van der Waals surface area contributed by atoms with Crippen LogP contribution in [-0.2, 0) is 6.42 Å². The Kier molecular flexibility index (Phi) is 6.98. The van der Waals surface area contributed by atoms with Crippen LogP contribution in [0.3, 0.4) is 0 Å². The number of amides is 2. The van der Waals surface area contributed by atoms with Gasteiger partial charge in [0.15, 0.2) is 0 Å². The van der Waals surface area contributed by atoms with Gasteiger partial charge in [-0.3, -0.25) is 9.59 Å². The molecular weight excluding hydrogens is 460 g/mol. The summed E-state index contributed by atoms with van der Waals surface area (Å²) in [6.45, 7) is 1.29. The van der Waals surface area contributed by atoms with E-state index in [1.54, 1.807) is 0 Å². The van der Waals surface area contributed by atoms with Crippen molar-refractivity contribution in [2.75, 3.05) is 18.0 Å². The number of carbonyl (C=O) groups excluding carboxylic acids is 2. The lowest BCUT2D eigenvalue weighted by Gasteiger charge is -2.35. The number of anilines is 1. The zero-order valence-electron chi connectivity index (χ0n) is 20.0. The molecule has 5 nitrogen and oxygen atoms in total. The van der Waals surface area contributed by atoms with Crippen molar-refractivity contribution >= 4 is 17.5 Å². The molecule has 7 heteroatoms. The molecular formula is C29H29F2N3O2. The number of para-hydroxylation sites is 1. The maximum atomic E-state index is 14.0. The highest BCUT2D eigenvalue weighted by Crippen LogP contribution is 2.31. The normalized spacial score (nSPS) is 17.8. The maximum absolute atomic E-state index is 14.0. The Morgan fingerprint density at radius 2 is 1.53 bits per heavy atom. The van der Waals surface area contributed by atoms with Gasteiger partial charge in [0.25, 0.3) is 11.8 Å². The van der Waals surface area contributed by atoms with E-state index in [0.717, 1.165) is 37.1 Å². The second-order valence-corrected chi connectivity index (χ2v) is 9.49. The first kappa shape index (κ1) is 24.0. The Balaban J connectivity index is 1.23. The number of rotatable bonds is 5. The summed E-state index contributed by atoms with van der Waals surface area (Å²) in [5, 5.41) is 6.11. The number of piperidine rings is 1. The molecule has 0 aromatic heterocycles. The average Bonchev–Trinajstić information content (AvgIpc) is 2.89. The number of fused-ring (bicyclic) bond motifs is 1. The van der Waals surface area contributed by atoms with Crippen LogP contribution in [0.4, 0.5) is 14.5 Å². The lowest BCUT2D eigenvalue weighted by atomic mass is 9.87. The van der Waals surface area contributed by atoms with E-state index < -0.39 is 17.5 Å². The zero-order chi connectivity index (χ0) is 25.1. The summed E-state index contributed by atoms with van der Waals surface area (Å²) in [5.74, 6) is -2.22. The first-order chi connectivity index (χ1) is 17.5. The number of halogens is 2. The van der Waals surface area contributed by atoms with Crippen molar-refractivity contribution in [3.05, 3.63) is 101 Å². The summed E-state index contributed by atoms with van der Waals surface area (Å²) in [6.07, 6.45) is 4.31. The van der Waals surface area contributed by atoms with Crippen LogP contribution in [-0.4, -0.2) is 30.9 Å². The Bertz CT molecular complexity index is 1270. The second kappa shape index (κ2) is 10.5. The molecule has 1 aliphatic carbocycles. The highest BCUT2D eigenvalue weighted by atomic mass is 19.1. The van der Waals surface area contributed by atoms with E-state index in [0.29, 0.717) is 37.6 Å². The van der Waals surface area contributed by atoms with Gasteiger partial charge in [-0.05, 0) is 67.5 Å². The first-order valence-electron chi connectivity index (χ1n) is 12.5. The van der Waals surface area contributed by atoms with E-state index in [9.17, 15) is 18.4 Å². The summed E-state index contributed by atoms with van der Waals surface area (Å²) in [4.78, 5) is 28.0. The van der Waals surface area contributed by atoms with E-state index in [2.05, 4.69) is 27.7 Å². The molecule has 0 spiro atoms. The van der Waals surface area contributed by atoms with Gasteiger partial charge in [0, 0.05) is 30.9 Å². The molecule has 0 saturated carbocycles. The number of hydrogen-bond donors (Lipinski definition) is 2. The van der Waals surface area contributed by atoms with Crippen LogP contribution in [0.5, 0.6) is 0 Å². The number of carbonyl (C=O) groups is 2. The van der Waals surface area contributed by atoms with Crippen LogP contribution in [0, 0.1) is 11.6 Å². The van der Waals surface area contributed by atoms with Gasteiger partial charge in [0.05, 0.1) is 17.2 Å². The molecule has 1 atom stereocenters. The summed E-state index contributed by atoms with van der Waals surface area (Å²) in [7, 11) is 0. The minimum absolute atomic E-state index is 0.00307. The summed E-state index contributed by atoms with van der Waals surface area (Å²) >= 11 is 0. The van der Waals surface area contributed by atoms with Gasteiger partial charge in [0.1, 0.15) is 11.6 Å². The monoisotopic (exact) mass is 489 g/mol. The van der Waals surface area contributed by atoms with Gasteiger partial charge in [-0.1, -0.05) is 36.4 Å².